The van der Waals surface area contributed by atoms with Crippen LogP contribution in [-0.2, 0) is 16.0 Å². The molecule has 10 heteroatoms. The van der Waals surface area contributed by atoms with E-state index in [4.69, 9.17) is 30.8 Å². The SMILES string of the molecule is CCOC(Cc1ccc(OCCN2CCOc3ccccc32)cc1)C(=O)O.NN=C(N)N. The van der Waals surface area contributed by atoms with Crippen LogP contribution in [0.4, 0.5) is 5.69 Å². The molecule has 7 N–H and O–H groups in total. The summed E-state index contributed by atoms with van der Waals surface area (Å²) in [6.07, 6.45) is -0.475. The Morgan fingerprint density at radius 3 is 2.53 bits per heavy atom. The quantitative estimate of drug-likeness (QED) is 0.192. The fraction of sp³-hybridized carbons (Fsp3) is 0.364. The number of carboxylic acids is 1. The van der Waals surface area contributed by atoms with Crippen molar-refractivity contribution < 1.29 is 24.1 Å². The first-order valence-corrected chi connectivity index (χ1v) is 10.3. The van der Waals surface area contributed by atoms with Crippen molar-refractivity contribution in [1.82, 2.24) is 0 Å². The lowest BCUT2D eigenvalue weighted by Crippen LogP contribution is -2.35. The minimum atomic E-state index is -0.942. The van der Waals surface area contributed by atoms with Gasteiger partial charge in [-0.2, -0.15) is 0 Å². The second kappa shape index (κ2) is 12.9. The van der Waals surface area contributed by atoms with Gasteiger partial charge in [-0.05, 0) is 36.8 Å². The van der Waals surface area contributed by atoms with Gasteiger partial charge in [0, 0.05) is 13.0 Å². The van der Waals surface area contributed by atoms with E-state index < -0.39 is 12.1 Å². The minimum absolute atomic E-state index is 0.0926. The maximum atomic E-state index is 11.2. The Labute approximate surface area is 187 Å². The molecule has 1 atom stereocenters. The van der Waals surface area contributed by atoms with Crippen LogP contribution >= 0.6 is 0 Å². The highest BCUT2D eigenvalue weighted by molar-refractivity contribution is 5.75. The molecule has 0 amide bonds. The second-order valence-electron chi connectivity index (χ2n) is 6.84. The van der Waals surface area contributed by atoms with Gasteiger partial charge in [-0.3, -0.25) is 0 Å². The summed E-state index contributed by atoms with van der Waals surface area (Å²) in [5.74, 6) is 5.15. The summed E-state index contributed by atoms with van der Waals surface area (Å²) in [6.45, 7) is 5.02. The van der Waals surface area contributed by atoms with Crippen molar-refractivity contribution in [1.29, 1.82) is 0 Å². The lowest BCUT2D eigenvalue weighted by Gasteiger charge is -2.31. The molecule has 0 radical (unpaired) electrons. The average Bonchev–Trinajstić information content (AvgIpc) is 2.80. The number of rotatable bonds is 9. The Hall–Kier alpha value is -3.66. The maximum absolute atomic E-state index is 11.2. The molecular formula is C22H31N5O5. The van der Waals surface area contributed by atoms with Crippen molar-refractivity contribution in [3.05, 3.63) is 54.1 Å². The summed E-state index contributed by atoms with van der Waals surface area (Å²) in [6, 6.07) is 15.5. The predicted molar refractivity (Wildman–Crippen MR) is 123 cm³/mol. The van der Waals surface area contributed by atoms with Gasteiger partial charge in [0.15, 0.2) is 6.10 Å². The summed E-state index contributed by atoms with van der Waals surface area (Å²) < 4.78 is 16.8. The third kappa shape index (κ3) is 7.88. The monoisotopic (exact) mass is 445 g/mol. The molecule has 174 valence electrons. The van der Waals surface area contributed by atoms with Crippen LogP contribution in [0.2, 0.25) is 0 Å². The van der Waals surface area contributed by atoms with Crippen LogP contribution in [-0.4, -0.2) is 56.0 Å². The van der Waals surface area contributed by atoms with E-state index in [9.17, 15) is 4.79 Å². The van der Waals surface area contributed by atoms with Crippen LogP contribution in [0.5, 0.6) is 11.5 Å². The molecule has 0 fully saturated rings. The Balaban J connectivity index is 0.000000654. The molecule has 0 aromatic heterocycles. The fourth-order valence-corrected chi connectivity index (χ4v) is 3.09. The van der Waals surface area contributed by atoms with Crippen molar-refractivity contribution >= 4 is 17.6 Å². The van der Waals surface area contributed by atoms with E-state index in [1.54, 1.807) is 6.92 Å². The first kappa shape index (κ1) is 24.6. The molecule has 0 saturated carbocycles. The largest absolute Gasteiger partial charge is 0.492 e. The molecule has 3 rings (SSSR count). The van der Waals surface area contributed by atoms with Gasteiger partial charge in [-0.1, -0.05) is 24.3 Å². The predicted octanol–water partition coefficient (Wildman–Crippen LogP) is 1.13. The number of carbonyl (C=O) groups is 1. The number of hydrogen-bond donors (Lipinski definition) is 4. The van der Waals surface area contributed by atoms with E-state index in [-0.39, 0.29) is 5.96 Å². The molecular weight excluding hydrogens is 414 g/mol. The van der Waals surface area contributed by atoms with Gasteiger partial charge in [-0.25, -0.2) is 4.79 Å². The Kier molecular flexibility index (Phi) is 9.92. The fourth-order valence-electron chi connectivity index (χ4n) is 3.09. The molecule has 32 heavy (non-hydrogen) atoms. The van der Waals surface area contributed by atoms with Crippen LogP contribution in [0.3, 0.4) is 0 Å². The van der Waals surface area contributed by atoms with E-state index in [1.165, 1.54) is 0 Å². The Bertz CT molecular complexity index is 871. The zero-order valence-electron chi connectivity index (χ0n) is 18.1. The molecule has 2 aromatic rings. The van der Waals surface area contributed by atoms with E-state index >= 15 is 0 Å². The van der Waals surface area contributed by atoms with Gasteiger partial charge >= 0.3 is 5.97 Å². The number of fused-ring (bicyclic) bond motifs is 1. The van der Waals surface area contributed by atoms with Crippen molar-refractivity contribution in [2.75, 3.05) is 37.8 Å². The van der Waals surface area contributed by atoms with E-state index in [1.807, 2.05) is 42.5 Å². The highest BCUT2D eigenvalue weighted by atomic mass is 16.5. The average molecular weight is 446 g/mol. The van der Waals surface area contributed by atoms with E-state index in [2.05, 4.69) is 21.9 Å². The normalized spacial score (nSPS) is 13.0. The molecule has 1 aliphatic heterocycles. The zero-order valence-corrected chi connectivity index (χ0v) is 18.1. The third-order valence-corrected chi connectivity index (χ3v) is 4.59. The zero-order chi connectivity index (χ0) is 23.3. The first-order chi connectivity index (χ1) is 15.4. The van der Waals surface area contributed by atoms with Crippen LogP contribution in [0.1, 0.15) is 12.5 Å². The topological polar surface area (TPSA) is 159 Å². The van der Waals surface area contributed by atoms with Crippen LogP contribution < -0.4 is 31.7 Å². The van der Waals surface area contributed by atoms with Crippen LogP contribution in [0.25, 0.3) is 0 Å². The Morgan fingerprint density at radius 1 is 1.22 bits per heavy atom. The number of para-hydroxylation sites is 2. The number of aliphatic carboxylic acids is 1. The number of ether oxygens (including phenoxy) is 3. The van der Waals surface area contributed by atoms with Gasteiger partial charge in [0.2, 0.25) is 5.96 Å². The smallest absolute Gasteiger partial charge is 0.333 e. The van der Waals surface area contributed by atoms with E-state index in [0.717, 1.165) is 35.8 Å². The van der Waals surface area contributed by atoms with Gasteiger partial charge in [0.1, 0.15) is 24.7 Å². The number of hydrazone groups is 1. The highest BCUT2D eigenvalue weighted by Gasteiger charge is 2.18. The molecule has 1 heterocycles. The molecule has 1 aliphatic rings. The summed E-state index contributed by atoms with van der Waals surface area (Å²) >= 11 is 0. The Morgan fingerprint density at radius 2 is 1.91 bits per heavy atom. The number of nitrogens with zero attached hydrogens (tertiary/aromatic N) is 2. The summed E-state index contributed by atoms with van der Waals surface area (Å²) in [5, 5.41) is 12.0. The number of nitrogens with two attached hydrogens (primary N) is 3. The second-order valence-corrected chi connectivity index (χ2v) is 6.84. The molecule has 1 unspecified atom stereocenters. The number of hydrogen-bond acceptors (Lipinski definition) is 7. The molecule has 0 spiro atoms. The van der Waals surface area contributed by atoms with Crippen molar-refractivity contribution in [2.24, 2.45) is 22.4 Å². The molecule has 0 bridgehead atoms. The summed E-state index contributed by atoms with van der Waals surface area (Å²) in [7, 11) is 0. The first-order valence-electron chi connectivity index (χ1n) is 10.3. The van der Waals surface area contributed by atoms with Gasteiger partial charge in [0.25, 0.3) is 0 Å². The number of anilines is 1. The van der Waals surface area contributed by atoms with Crippen LogP contribution in [0, 0.1) is 0 Å². The third-order valence-electron chi connectivity index (χ3n) is 4.59. The van der Waals surface area contributed by atoms with Gasteiger partial charge in [0.05, 0.1) is 18.8 Å². The lowest BCUT2D eigenvalue weighted by atomic mass is 10.1. The van der Waals surface area contributed by atoms with E-state index in [0.29, 0.717) is 26.2 Å². The van der Waals surface area contributed by atoms with Gasteiger partial charge in [-0.15, -0.1) is 5.10 Å². The highest BCUT2D eigenvalue weighted by Crippen LogP contribution is 2.30. The summed E-state index contributed by atoms with van der Waals surface area (Å²) in [4.78, 5) is 13.4. The maximum Gasteiger partial charge on any atom is 0.333 e. The van der Waals surface area contributed by atoms with Crippen molar-refractivity contribution in [3.63, 3.8) is 0 Å². The molecule has 10 nitrogen and oxygen atoms in total. The van der Waals surface area contributed by atoms with Crippen molar-refractivity contribution in [3.8, 4) is 11.5 Å². The summed E-state index contributed by atoms with van der Waals surface area (Å²) in [5.41, 5.74) is 11.4. The van der Waals surface area contributed by atoms with Crippen LogP contribution in [0.15, 0.2) is 53.6 Å². The molecule has 0 saturated heterocycles. The number of carboxylic acid groups (broad SMARTS) is 1. The standard InChI is InChI=1S/C21H25NO5.CH6N4/c1-2-25-20(21(23)24)15-16-7-9-17(10-8-16)26-13-11-22-12-14-27-19-6-4-3-5-18(19)22;2-1(3)5-4/h3-10,20H,2,11-15H2,1H3,(H,23,24);4H2,(H4,2,3,5). The number of guanidine groups is 1. The number of benzene rings is 2. The molecule has 2 aromatic carbocycles. The minimum Gasteiger partial charge on any atom is -0.492 e. The lowest BCUT2D eigenvalue weighted by molar-refractivity contribution is -0.149. The molecule has 0 aliphatic carbocycles. The van der Waals surface area contributed by atoms with Gasteiger partial charge < -0.3 is 41.5 Å². The van der Waals surface area contributed by atoms with Crippen molar-refractivity contribution in [2.45, 2.75) is 19.4 Å².